The molecule has 0 aliphatic carbocycles. The maximum atomic E-state index is 6.29. The van der Waals surface area contributed by atoms with Gasteiger partial charge in [0, 0.05) is 42.5 Å². The zero-order chi connectivity index (χ0) is 16.8. The third-order valence-electron chi connectivity index (χ3n) is 6.69. The molecule has 0 unspecified atom stereocenters. The Hall–Kier alpha value is -0.680. The number of ether oxygens (including phenoxy) is 1. The van der Waals surface area contributed by atoms with Gasteiger partial charge in [-0.3, -0.25) is 0 Å². The molecule has 0 N–H and O–H groups in total. The van der Waals surface area contributed by atoms with Gasteiger partial charge >= 0.3 is 0 Å². The summed E-state index contributed by atoms with van der Waals surface area (Å²) in [7, 11) is 6.79. The lowest BCUT2D eigenvalue weighted by atomic mass is 9.79. The zero-order valence-electron chi connectivity index (χ0n) is 14.9. The van der Waals surface area contributed by atoms with Crippen molar-refractivity contribution in [1.82, 2.24) is 0 Å². The van der Waals surface area contributed by atoms with E-state index in [1.165, 1.54) is 39.9 Å². The lowest BCUT2D eigenvalue weighted by Crippen LogP contribution is -2.55. The minimum absolute atomic E-state index is 0.249. The number of piperidine rings is 1. The number of hydrogen-bond donors (Lipinski definition) is 0. The average Bonchev–Trinajstić information content (AvgIpc) is 3.28. The minimum atomic E-state index is -0.249. The molecule has 0 aromatic carbocycles. The van der Waals surface area contributed by atoms with Gasteiger partial charge in [0.15, 0.2) is 0 Å². The van der Waals surface area contributed by atoms with E-state index >= 15 is 0 Å². The molecular formula is C20H28NOS2+. The van der Waals surface area contributed by atoms with Gasteiger partial charge in [0.2, 0.25) is 0 Å². The van der Waals surface area contributed by atoms with E-state index in [4.69, 9.17) is 4.74 Å². The topological polar surface area (TPSA) is 9.23 Å². The maximum absolute atomic E-state index is 6.29. The van der Waals surface area contributed by atoms with Crippen molar-refractivity contribution in [3.8, 4) is 0 Å². The Balaban J connectivity index is 1.64. The molecule has 24 heavy (non-hydrogen) atoms. The highest BCUT2D eigenvalue weighted by atomic mass is 32.1. The second-order valence-electron chi connectivity index (χ2n) is 8.04. The summed E-state index contributed by atoms with van der Waals surface area (Å²) >= 11 is 3.67. The Morgan fingerprint density at radius 3 is 2.00 bits per heavy atom. The first-order valence-corrected chi connectivity index (χ1v) is 10.8. The summed E-state index contributed by atoms with van der Waals surface area (Å²) in [4.78, 5) is 2.72. The van der Waals surface area contributed by atoms with Crippen molar-refractivity contribution in [3.05, 3.63) is 44.8 Å². The summed E-state index contributed by atoms with van der Waals surface area (Å²) < 4.78 is 7.53. The van der Waals surface area contributed by atoms with Crippen LogP contribution in [0.1, 0.15) is 41.9 Å². The Labute approximate surface area is 153 Å². The Morgan fingerprint density at radius 1 is 1.04 bits per heavy atom. The standard InChI is InChI=1S/C20H28NOS2/c1-21(2)16-8-9-17(21)13-15(12-16)14-20(22-3,18-6-4-10-23-18)19-7-5-11-24-19/h4-7,10-11,15-17H,8-9,12-14H2,1-3H3/q+1/t16-,17-/m0/s1. The molecule has 2 nitrogen and oxygen atoms in total. The number of rotatable bonds is 5. The molecule has 4 rings (SSSR count). The van der Waals surface area contributed by atoms with Gasteiger partial charge in [-0.25, -0.2) is 0 Å². The van der Waals surface area contributed by atoms with Crippen molar-refractivity contribution in [1.29, 1.82) is 0 Å². The number of nitrogens with zero attached hydrogens (tertiary/aromatic N) is 1. The van der Waals surface area contributed by atoms with Crippen molar-refractivity contribution in [2.75, 3.05) is 21.2 Å². The molecule has 2 aromatic rings. The molecule has 2 atom stereocenters. The summed E-state index contributed by atoms with van der Waals surface area (Å²) in [6, 6.07) is 10.5. The van der Waals surface area contributed by atoms with Crippen LogP contribution in [0.25, 0.3) is 0 Å². The molecule has 2 fully saturated rings. The highest BCUT2D eigenvalue weighted by Crippen LogP contribution is 2.49. The summed E-state index contributed by atoms with van der Waals surface area (Å²) in [5, 5.41) is 4.36. The normalized spacial score (nSPS) is 29.0. The van der Waals surface area contributed by atoms with Crippen LogP contribution in [0.3, 0.4) is 0 Å². The largest absolute Gasteiger partial charge is 0.367 e. The molecule has 0 saturated carbocycles. The minimum Gasteiger partial charge on any atom is -0.367 e. The van der Waals surface area contributed by atoms with Gasteiger partial charge in [0.25, 0.3) is 0 Å². The molecule has 2 bridgehead atoms. The third kappa shape index (κ3) is 2.59. The van der Waals surface area contributed by atoms with Crippen molar-refractivity contribution < 1.29 is 9.22 Å². The molecule has 0 radical (unpaired) electrons. The van der Waals surface area contributed by atoms with Crippen LogP contribution in [0.2, 0.25) is 0 Å². The second kappa shape index (κ2) is 6.24. The second-order valence-corrected chi connectivity index (χ2v) is 9.94. The monoisotopic (exact) mass is 362 g/mol. The van der Waals surface area contributed by atoms with Crippen LogP contribution in [0.4, 0.5) is 0 Å². The first-order chi connectivity index (χ1) is 11.6. The van der Waals surface area contributed by atoms with Crippen LogP contribution in [0, 0.1) is 5.92 Å². The smallest absolute Gasteiger partial charge is 0.136 e. The van der Waals surface area contributed by atoms with E-state index in [-0.39, 0.29) is 5.60 Å². The number of methoxy groups -OCH3 is 1. The van der Waals surface area contributed by atoms with Gasteiger partial charge < -0.3 is 9.22 Å². The Bertz CT molecular complexity index is 612. The van der Waals surface area contributed by atoms with E-state index in [2.05, 4.69) is 49.1 Å². The summed E-state index contributed by atoms with van der Waals surface area (Å²) in [6.45, 7) is 0. The van der Waals surface area contributed by atoms with E-state index < -0.39 is 0 Å². The van der Waals surface area contributed by atoms with Crippen LogP contribution in [-0.2, 0) is 10.3 Å². The maximum Gasteiger partial charge on any atom is 0.136 e. The van der Waals surface area contributed by atoms with Gasteiger partial charge in [-0.1, -0.05) is 12.1 Å². The van der Waals surface area contributed by atoms with Crippen LogP contribution in [0.15, 0.2) is 35.0 Å². The van der Waals surface area contributed by atoms with Crippen molar-refractivity contribution in [2.45, 2.75) is 49.8 Å². The lowest BCUT2D eigenvalue weighted by Gasteiger charge is -2.46. The summed E-state index contributed by atoms with van der Waals surface area (Å²) in [5.74, 6) is 0.762. The predicted octanol–water partition coefficient (Wildman–Crippen LogP) is 5.11. The molecule has 2 saturated heterocycles. The van der Waals surface area contributed by atoms with Gasteiger partial charge in [0.05, 0.1) is 26.2 Å². The first kappa shape index (κ1) is 16.8. The fraction of sp³-hybridized carbons (Fsp3) is 0.600. The number of thiophene rings is 2. The molecule has 2 aliphatic heterocycles. The van der Waals surface area contributed by atoms with E-state index in [1.54, 1.807) is 0 Å². The zero-order valence-corrected chi connectivity index (χ0v) is 16.5. The van der Waals surface area contributed by atoms with Crippen LogP contribution >= 0.6 is 22.7 Å². The van der Waals surface area contributed by atoms with Crippen molar-refractivity contribution in [2.24, 2.45) is 5.92 Å². The third-order valence-corrected chi connectivity index (χ3v) is 8.72. The van der Waals surface area contributed by atoms with Crippen LogP contribution in [0.5, 0.6) is 0 Å². The Kier molecular flexibility index (Phi) is 4.36. The first-order valence-electron chi connectivity index (χ1n) is 9.02. The molecule has 2 aliphatic rings. The molecule has 2 aromatic heterocycles. The highest BCUT2D eigenvalue weighted by Gasteiger charge is 2.51. The predicted molar refractivity (Wildman–Crippen MR) is 103 cm³/mol. The molecule has 0 amide bonds. The number of fused-ring (bicyclic) bond motifs is 2. The van der Waals surface area contributed by atoms with Gasteiger partial charge in [-0.15, -0.1) is 22.7 Å². The highest BCUT2D eigenvalue weighted by molar-refractivity contribution is 7.11. The van der Waals surface area contributed by atoms with E-state index in [0.717, 1.165) is 24.4 Å². The summed E-state index contributed by atoms with van der Waals surface area (Å²) in [5.41, 5.74) is -0.249. The number of quaternary nitrogens is 1. The average molecular weight is 363 g/mol. The fourth-order valence-electron chi connectivity index (χ4n) is 5.19. The Morgan fingerprint density at radius 2 is 1.58 bits per heavy atom. The SMILES string of the molecule is COC(CC1C[C@@H]2CC[C@@H](C1)[N+]2(C)C)(c1cccs1)c1cccs1. The fourth-order valence-corrected chi connectivity index (χ4v) is 7.11. The number of hydrogen-bond acceptors (Lipinski definition) is 3. The molecule has 130 valence electrons. The van der Waals surface area contributed by atoms with Crippen molar-refractivity contribution >= 4 is 22.7 Å². The van der Waals surface area contributed by atoms with Crippen molar-refractivity contribution in [3.63, 3.8) is 0 Å². The van der Waals surface area contributed by atoms with Gasteiger partial charge in [-0.2, -0.15) is 0 Å². The van der Waals surface area contributed by atoms with E-state index in [1.807, 2.05) is 29.8 Å². The van der Waals surface area contributed by atoms with Crippen LogP contribution in [-0.4, -0.2) is 37.8 Å². The van der Waals surface area contributed by atoms with E-state index in [0.29, 0.717) is 0 Å². The summed E-state index contributed by atoms with van der Waals surface area (Å²) in [6.07, 6.45) is 6.65. The molecular weight excluding hydrogens is 334 g/mol. The molecule has 4 heteroatoms. The van der Waals surface area contributed by atoms with Gasteiger partial charge in [0.1, 0.15) is 5.60 Å². The van der Waals surface area contributed by atoms with Gasteiger partial charge in [-0.05, 0) is 35.2 Å². The van der Waals surface area contributed by atoms with E-state index in [9.17, 15) is 0 Å². The lowest BCUT2D eigenvalue weighted by molar-refractivity contribution is -0.931. The van der Waals surface area contributed by atoms with Crippen LogP contribution < -0.4 is 0 Å². The molecule has 4 heterocycles. The quantitative estimate of drug-likeness (QED) is 0.672. The molecule has 0 spiro atoms.